The van der Waals surface area contributed by atoms with E-state index in [2.05, 4.69) is 16.6 Å². The van der Waals surface area contributed by atoms with Crippen LogP contribution in [-0.4, -0.2) is 13.1 Å². The zero-order chi connectivity index (χ0) is 10.4. The molecule has 0 aromatic heterocycles. The summed E-state index contributed by atoms with van der Waals surface area (Å²) in [6.45, 7) is 2.03. The molecule has 0 atom stereocenters. The van der Waals surface area contributed by atoms with Gasteiger partial charge in [0.2, 0.25) is 0 Å². The first-order valence-corrected chi connectivity index (χ1v) is 4.34. The fourth-order valence-electron chi connectivity index (χ4n) is 1.09. The van der Waals surface area contributed by atoms with E-state index in [9.17, 15) is 4.79 Å². The number of hydrogen-bond donors (Lipinski definition) is 0. The third kappa shape index (κ3) is 3.32. The van der Waals surface area contributed by atoms with Crippen LogP contribution >= 0.6 is 0 Å². The average molecular weight is 188 g/mol. The molecular weight excluding hydrogens is 176 g/mol. The highest BCUT2D eigenvalue weighted by atomic mass is 16.5. The first-order chi connectivity index (χ1) is 6.72. The van der Waals surface area contributed by atoms with Gasteiger partial charge in [0, 0.05) is 12.3 Å². The smallest absolute Gasteiger partial charge is 0.384 e. The van der Waals surface area contributed by atoms with Crippen molar-refractivity contribution in [1.29, 1.82) is 0 Å². The normalized spacial score (nSPS) is 8.71. The van der Waals surface area contributed by atoms with Gasteiger partial charge in [0.1, 0.15) is 0 Å². The third-order valence-electron chi connectivity index (χ3n) is 1.75. The molecule has 0 saturated heterocycles. The highest BCUT2D eigenvalue weighted by Gasteiger charge is 1.91. The minimum Gasteiger partial charge on any atom is -0.459 e. The van der Waals surface area contributed by atoms with E-state index in [0.717, 1.165) is 5.56 Å². The van der Waals surface area contributed by atoms with Crippen LogP contribution in [0, 0.1) is 18.8 Å². The van der Waals surface area contributed by atoms with Gasteiger partial charge in [0.05, 0.1) is 7.11 Å². The van der Waals surface area contributed by atoms with E-state index >= 15 is 0 Å². The molecule has 2 nitrogen and oxygen atoms in total. The second-order valence-corrected chi connectivity index (χ2v) is 2.96. The van der Waals surface area contributed by atoms with Gasteiger partial charge in [-0.25, -0.2) is 4.79 Å². The van der Waals surface area contributed by atoms with E-state index in [1.165, 1.54) is 12.7 Å². The number of rotatable bonds is 1. The van der Waals surface area contributed by atoms with Crippen molar-refractivity contribution in [3.63, 3.8) is 0 Å². The van der Waals surface area contributed by atoms with Crippen molar-refractivity contribution in [1.82, 2.24) is 0 Å². The van der Waals surface area contributed by atoms with E-state index < -0.39 is 5.97 Å². The van der Waals surface area contributed by atoms with Crippen molar-refractivity contribution in [3.05, 3.63) is 35.4 Å². The van der Waals surface area contributed by atoms with Crippen LogP contribution in [-0.2, 0) is 16.0 Å². The largest absolute Gasteiger partial charge is 0.459 e. The Balaban J connectivity index is 2.60. The Morgan fingerprint density at radius 3 is 2.93 bits per heavy atom. The molecule has 0 N–H and O–H groups in total. The number of esters is 1. The maximum absolute atomic E-state index is 10.7. The zero-order valence-corrected chi connectivity index (χ0v) is 8.33. The molecule has 0 radical (unpaired) electrons. The van der Waals surface area contributed by atoms with Crippen molar-refractivity contribution in [2.45, 2.75) is 13.3 Å². The molecule has 0 aliphatic carbocycles. The third-order valence-corrected chi connectivity index (χ3v) is 1.75. The van der Waals surface area contributed by atoms with Crippen LogP contribution in [0.2, 0.25) is 0 Å². The quantitative estimate of drug-likeness (QED) is 0.381. The van der Waals surface area contributed by atoms with Gasteiger partial charge in [-0.15, -0.1) is 0 Å². The van der Waals surface area contributed by atoms with Gasteiger partial charge in [0.15, 0.2) is 0 Å². The summed E-state index contributed by atoms with van der Waals surface area (Å²) in [6.07, 6.45) is 0.580. The second kappa shape index (κ2) is 5.08. The number of methoxy groups -OCH3 is 1. The summed E-state index contributed by atoms with van der Waals surface area (Å²) in [5, 5.41) is 0. The van der Waals surface area contributed by atoms with E-state index in [1.807, 2.05) is 31.2 Å². The van der Waals surface area contributed by atoms with Crippen LogP contribution in [0.5, 0.6) is 0 Å². The fourth-order valence-corrected chi connectivity index (χ4v) is 1.09. The SMILES string of the molecule is COC(=O)C#CCc1cccc(C)c1. The fraction of sp³-hybridized carbons (Fsp3) is 0.250. The van der Waals surface area contributed by atoms with Crippen LogP contribution in [0.4, 0.5) is 0 Å². The molecule has 72 valence electrons. The molecule has 0 unspecified atom stereocenters. The number of carbonyl (C=O) groups excluding carboxylic acids is 1. The molecule has 0 saturated carbocycles. The van der Waals surface area contributed by atoms with Crippen LogP contribution < -0.4 is 0 Å². The first-order valence-electron chi connectivity index (χ1n) is 4.34. The Kier molecular flexibility index (Phi) is 3.75. The Bertz CT molecular complexity index is 383. The van der Waals surface area contributed by atoms with Crippen molar-refractivity contribution in [2.75, 3.05) is 7.11 Å². The maximum Gasteiger partial charge on any atom is 0.384 e. The van der Waals surface area contributed by atoms with Gasteiger partial charge in [-0.2, -0.15) is 0 Å². The number of benzene rings is 1. The minimum atomic E-state index is -0.488. The highest BCUT2D eigenvalue weighted by Crippen LogP contribution is 2.03. The molecule has 0 amide bonds. The van der Waals surface area contributed by atoms with Gasteiger partial charge in [-0.05, 0) is 12.5 Å². The summed E-state index contributed by atoms with van der Waals surface area (Å²) < 4.78 is 4.40. The van der Waals surface area contributed by atoms with E-state index in [4.69, 9.17) is 0 Å². The molecule has 1 aromatic carbocycles. The molecule has 1 aromatic rings. The van der Waals surface area contributed by atoms with Crippen LogP contribution in [0.25, 0.3) is 0 Å². The first kappa shape index (κ1) is 10.3. The molecular formula is C12H12O2. The number of aryl methyl sites for hydroxylation is 1. The second-order valence-electron chi connectivity index (χ2n) is 2.96. The summed E-state index contributed by atoms with van der Waals surface area (Å²) in [7, 11) is 1.32. The Morgan fingerprint density at radius 2 is 2.29 bits per heavy atom. The number of ether oxygens (including phenoxy) is 1. The summed E-state index contributed by atoms with van der Waals surface area (Å²) >= 11 is 0. The lowest BCUT2D eigenvalue weighted by atomic mass is 10.1. The maximum atomic E-state index is 10.7. The van der Waals surface area contributed by atoms with E-state index in [1.54, 1.807) is 0 Å². The molecule has 0 spiro atoms. The molecule has 0 heterocycles. The molecule has 0 bridgehead atoms. The summed E-state index contributed by atoms with van der Waals surface area (Å²) in [4.78, 5) is 10.7. The van der Waals surface area contributed by atoms with Crippen LogP contribution in [0.1, 0.15) is 11.1 Å². The van der Waals surface area contributed by atoms with Crippen LogP contribution in [0.3, 0.4) is 0 Å². The molecule has 0 aliphatic heterocycles. The average Bonchev–Trinajstić information content (AvgIpc) is 2.17. The van der Waals surface area contributed by atoms with Gasteiger partial charge in [0.25, 0.3) is 0 Å². The topological polar surface area (TPSA) is 26.3 Å². The lowest BCUT2D eigenvalue weighted by Gasteiger charge is -1.95. The standard InChI is InChI=1S/C12H12O2/c1-10-5-3-6-11(9-10)7-4-8-12(13)14-2/h3,5-6,9H,7H2,1-2H3. The molecule has 1 rings (SSSR count). The number of hydrogen-bond acceptors (Lipinski definition) is 2. The van der Waals surface area contributed by atoms with E-state index in [-0.39, 0.29) is 0 Å². The molecule has 14 heavy (non-hydrogen) atoms. The molecule has 0 fully saturated rings. The predicted octanol–water partition coefficient (Wildman–Crippen LogP) is 1.71. The van der Waals surface area contributed by atoms with Crippen molar-refractivity contribution < 1.29 is 9.53 Å². The zero-order valence-electron chi connectivity index (χ0n) is 8.33. The minimum absolute atomic E-state index is 0.488. The summed E-state index contributed by atoms with van der Waals surface area (Å²) in [5.41, 5.74) is 2.31. The lowest BCUT2D eigenvalue weighted by molar-refractivity contribution is -0.133. The monoisotopic (exact) mass is 188 g/mol. The van der Waals surface area contributed by atoms with Gasteiger partial charge >= 0.3 is 5.97 Å². The van der Waals surface area contributed by atoms with E-state index in [0.29, 0.717) is 6.42 Å². The summed E-state index contributed by atoms with van der Waals surface area (Å²) in [6, 6.07) is 8.03. The van der Waals surface area contributed by atoms with Gasteiger partial charge < -0.3 is 4.74 Å². The Hall–Kier alpha value is -1.75. The summed E-state index contributed by atoms with van der Waals surface area (Å²) in [5.74, 6) is 4.66. The highest BCUT2D eigenvalue weighted by molar-refractivity contribution is 5.88. The predicted molar refractivity (Wildman–Crippen MR) is 54.7 cm³/mol. The van der Waals surface area contributed by atoms with Gasteiger partial charge in [-0.1, -0.05) is 35.7 Å². The Morgan fingerprint density at radius 1 is 1.50 bits per heavy atom. The molecule has 0 aliphatic rings. The van der Waals surface area contributed by atoms with Gasteiger partial charge in [-0.3, -0.25) is 0 Å². The van der Waals surface area contributed by atoms with Crippen molar-refractivity contribution in [2.24, 2.45) is 0 Å². The lowest BCUT2D eigenvalue weighted by Crippen LogP contribution is -1.94. The van der Waals surface area contributed by atoms with Crippen molar-refractivity contribution >= 4 is 5.97 Å². The number of carbonyl (C=O) groups is 1. The molecule has 2 heteroatoms. The van der Waals surface area contributed by atoms with Crippen LogP contribution in [0.15, 0.2) is 24.3 Å². The Labute approximate surface area is 83.9 Å². The van der Waals surface area contributed by atoms with Crippen molar-refractivity contribution in [3.8, 4) is 11.8 Å².